The lowest BCUT2D eigenvalue weighted by Gasteiger charge is -2.05. The Morgan fingerprint density at radius 2 is 2.05 bits per heavy atom. The minimum absolute atomic E-state index is 0.143. The summed E-state index contributed by atoms with van der Waals surface area (Å²) < 4.78 is 6.15. The van der Waals surface area contributed by atoms with E-state index in [4.69, 9.17) is 10.3 Å². The highest BCUT2D eigenvalue weighted by molar-refractivity contribution is 9.10. The summed E-state index contributed by atoms with van der Waals surface area (Å²) in [5, 5.41) is 3.80. The fourth-order valence-electron chi connectivity index (χ4n) is 2.16. The van der Waals surface area contributed by atoms with Gasteiger partial charge in [0.2, 0.25) is 0 Å². The van der Waals surface area contributed by atoms with Gasteiger partial charge in [-0.25, -0.2) is 0 Å². The van der Waals surface area contributed by atoms with E-state index in [0.717, 1.165) is 15.7 Å². The summed E-state index contributed by atoms with van der Waals surface area (Å²) in [6.45, 7) is 1.81. The summed E-state index contributed by atoms with van der Waals surface area (Å²) in [5.41, 5.74) is 8.39. The number of anilines is 1. The van der Waals surface area contributed by atoms with E-state index in [1.807, 2.05) is 31.2 Å². The number of nitrogens with one attached hydrogen (secondary N) is 1. The highest BCUT2D eigenvalue weighted by Gasteiger charge is 2.21. The number of nitrogens with zero attached hydrogens (tertiary/aromatic N) is 1. The molecule has 0 bridgehead atoms. The summed E-state index contributed by atoms with van der Waals surface area (Å²) in [6.07, 6.45) is 1.61. The van der Waals surface area contributed by atoms with Crippen molar-refractivity contribution in [3.05, 3.63) is 56.9 Å². The number of nitrogen functional groups attached to an aromatic ring is 1. The van der Waals surface area contributed by atoms with Crippen molar-refractivity contribution in [2.45, 2.75) is 6.92 Å². The molecule has 1 aromatic carbocycles. The molecule has 0 fully saturated rings. The van der Waals surface area contributed by atoms with E-state index in [1.165, 1.54) is 6.07 Å². The zero-order valence-electron chi connectivity index (χ0n) is 11.2. The first-order valence-corrected chi connectivity index (χ1v) is 7.07. The third-order valence-corrected chi connectivity index (χ3v) is 3.86. The molecular formula is C15H12BrN3O2. The minimum Gasteiger partial charge on any atom is -0.380 e. The molecule has 5 nitrogen and oxygen atoms in total. The molecule has 0 aliphatic carbocycles. The molecule has 0 unspecified atom stereocenters. The third kappa shape index (κ3) is 2.38. The summed E-state index contributed by atoms with van der Waals surface area (Å²) in [4.78, 5) is 15.2. The van der Waals surface area contributed by atoms with Gasteiger partial charge in [0.05, 0.1) is 11.1 Å². The molecule has 0 radical (unpaired) electrons. The van der Waals surface area contributed by atoms with Crippen LogP contribution in [0.5, 0.6) is 0 Å². The second-order valence-corrected chi connectivity index (χ2v) is 5.50. The number of hydrogen-bond donors (Lipinski definition) is 2. The predicted octanol–water partition coefficient (Wildman–Crippen LogP) is 3.35. The molecule has 0 atom stereocenters. The highest BCUT2D eigenvalue weighted by atomic mass is 79.9. The Bertz CT molecular complexity index is 867. The predicted molar refractivity (Wildman–Crippen MR) is 84.8 cm³/mol. The fraction of sp³-hybridized carbons (Fsp3) is 0.0667. The molecule has 2 aromatic heterocycles. The van der Waals surface area contributed by atoms with E-state index >= 15 is 0 Å². The first-order chi connectivity index (χ1) is 10.1. The Morgan fingerprint density at radius 1 is 1.29 bits per heavy atom. The fourth-order valence-corrected chi connectivity index (χ4v) is 2.64. The summed E-state index contributed by atoms with van der Waals surface area (Å²) in [5.74, 6) is 0.609. The third-order valence-electron chi connectivity index (χ3n) is 3.16. The van der Waals surface area contributed by atoms with E-state index in [2.05, 4.69) is 26.1 Å². The van der Waals surface area contributed by atoms with Crippen molar-refractivity contribution in [3.63, 3.8) is 0 Å². The monoisotopic (exact) mass is 345 g/mol. The summed E-state index contributed by atoms with van der Waals surface area (Å²) in [7, 11) is 0. The number of aromatic amines is 1. The molecule has 0 aliphatic heterocycles. The van der Waals surface area contributed by atoms with Crippen LogP contribution in [0.3, 0.4) is 0 Å². The Kier molecular flexibility index (Phi) is 3.39. The molecule has 0 saturated carbocycles. The zero-order valence-corrected chi connectivity index (χ0v) is 12.8. The van der Waals surface area contributed by atoms with Crippen molar-refractivity contribution in [2.75, 3.05) is 5.73 Å². The SMILES string of the molecule is Cc1cc(=O)c(-c2onc(N)c2-c2ccccc2Br)c[nH]1. The lowest BCUT2D eigenvalue weighted by molar-refractivity contribution is 0.435. The summed E-state index contributed by atoms with van der Waals surface area (Å²) >= 11 is 3.48. The number of halogens is 1. The summed E-state index contributed by atoms with van der Waals surface area (Å²) in [6, 6.07) is 9.08. The van der Waals surface area contributed by atoms with Gasteiger partial charge in [-0.15, -0.1) is 0 Å². The molecule has 2 heterocycles. The van der Waals surface area contributed by atoms with Crippen LogP contribution < -0.4 is 11.2 Å². The molecule has 6 heteroatoms. The van der Waals surface area contributed by atoms with Crippen LogP contribution in [0.15, 0.2) is 50.3 Å². The van der Waals surface area contributed by atoms with Gasteiger partial charge in [-0.1, -0.05) is 39.3 Å². The van der Waals surface area contributed by atoms with E-state index in [0.29, 0.717) is 16.9 Å². The smallest absolute Gasteiger partial charge is 0.192 e. The van der Waals surface area contributed by atoms with E-state index in [1.54, 1.807) is 6.20 Å². The van der Waals surface area contributed by atoms with Crippen LogP contribution in [0.25, 0.3) is 22.5 Å². The van der Waals surface area contributed by atoms with Crippen LogP contribution in [-0.4, -0.2) is 10.1 Å². The van der Waals surface area contributed by atoms with Crippen molar-refractivity contribution < 1.29 is 4.52 Å². The molecule has 0 saturated heterocycles. The molecular weight excluding hydrogens is 334 g/mol. The van der Waals surface area contributed by atoms with Crippen molar-refractivity contribution in [1.29, 1.82) is 0 Å². The molecule has 0 amide bonds. The second-order valence-electron chi connectivity index (χ2n) is 4.65. The van der Waals surface area contributed by atoms with E-state index < -0.39 is 0 Å². The first kappa shape index (κ1) is 13.6. The van der Waals surface area contributed by atoms with Crippen molar-refractivity contribution in [3.8, 4) is 22.5 Å². The maximum absolute atomic E-state index is 12.2. The maximum atomic E-state index is 12.2. The van der Waals surface area contributed by atoms with Crippen LogP contribution in [0.2, 0.25) is 0 Å². The Labute approximate surface area is 128 Å². The molecule has 3 N–H and O–H groups in total. The van der Waals surface area contributed by atoms with Crippen molar-refractivity contribution >= 4 is 21.7 Å². The van der Waals surface area contributed by atoms with Crippen LogP contribution in [0.1, 0.15) is 5.69 Å². The number of rotatable bonds is 2. The number of hydrogen-bond acceptors (Lipinski definition) is 4. The Hall–Kier alpha value is -2.34. The normalized spacial score (nSPS) is 10.8. The minimum atomic E-state index is -0.143. The molecule has 0 aliphatic rings. The zero-order chi connectivity index (χ0) is 15.0. The van der Waals surface area contributed by atoms with Crippen molar-refractivity contribution in [1.82, 2.24) is 10.1 Å². The average molecular weight is 346 g/mol. The number of H-pyrrole nitrogens is 1. The molecule has 106 valence electrons. The largest absolute Gasteiger partial charge is 0.380 e. The first-order valence-electron chi connectivity index (χ1n) is 6.27. The lowest BCUT2D eigenvalue weighted by Crippen LogP contribution is -2.05. The van der Waals surface area contributed by atoms with Crippen molar-refractivity contribution in [2.24, 2.45) is 0 Å². The molecule has 0 spiro atoms. The van der Waals surface area contributed by atoms with Gasteiger partial charge in [-0.3, -0.25) is 4.79 Å². The number of benzene rings is 1. The number of aryl methyl sites for hydroxylation is 1. The van der Waals surface area contributed by atoms with Gasteiger partial charge in [-0.05, 0) is 13.0 Å². The van der Waals surface area contributed by atoms with Crippen LogP contribution in [0.4, 0.5) is 5.82 Å². The molecule has 3 aromatic rings. The lowest BCUT2D eigenvalue weighted by atomic mass is 10.0. The quantitative estimate of drug-likeness (QED) is 0.745. The van der Waals surface area contributed by atoms with Gasteiger partial charge in [0, 0.05) is 28.0 Å². The van der Waals surface area contributed by atoms with Crippen LogP contribution in [-0.2, 0) is 0 Å². The Morgan fingerprint density at radius 3 is 2.76 bits per heavy atom. The van der Waals surface area contributed by atoms with Gasteiger partial charge in [0.25, 0.3) is 0 Å². The number of nitrogens with two attached hydrogens (primary N) is 1. The van der Waals surface area contributed by atoms with Gasteiger partial charge in [0.1, 0.15) is 0 Å². The Balaban J connectivity index is 2.27. The number of pyridine rings is 1. The van der Waals surface area contributed by atoms with Crippen LogP contribution in [0, 0.1) is 6.92 Å². The number of aromatic nitrogens is 2. The van der Waals surface area contributed by atoms with Crippen LogP contribution >= 0.6 is 15.9 Å². The van der Waals surface area contributed by atoms with E-state index in [-0.39, 0.29) is 11.2 Å². The van der Waals surface area contributed by atoms with E-state index in [9.17, 15) is 4.79 Å². The second kappa shape index (κ2) is 5.21. The van der Waals surface area contributed by atoms with Gasteiger partial charge in [-0.2, -0.15) is 0 Å². The average Bonchev–Trinajstić information content (AvgIpc) is 2.81. The highest BCUT2D eigenvalue weighted by Crippen LogP contribution is 2.38. The van der Waals surface area contributed by atoms with Gasteiger partial charge < -0.3 is 15.2 Å². The van der Waals surface area contributed by atoms with Gasteiger partial charge >= 0.3 is 0 Å². The topological polar surface area (TPSA) is 84.9 Å². The molecule has 21 heavy (non-hydrogen) atoms. The standard InChI is InChI=1S/C15H12BrN3O2/c1-8-6-12(20)10(7-18-8)14-13(15(17)19-21-14)9-4-2-3-5-11(9)16/h2-7H,1H3,(H2,17,19)(H,18,20). The maximum Gasteiger partial charge on any atom is 0.192 e. The molecule has 3 rings (SSSR count). The van der Waals surface area contributed by atoms with Gasteiger partial charge in [0.15, 0.2) is 17.0 Å².